The molecule has 0 saturated carbocycles. The largest absolute Gasteiger partial charge is 0.505 e. The van der Waals surface area contributed by atoms with Crippen molar-refractivity contribution in [2.75, 3.05) is 26.2 Å². The van der Waals surface area contributed by atoms with Gasteiger partial charge in [-0.2, -0.15) is 13.2 Å². The maximum atomic E-state index is 13.5. The smallest absolute Gasteiger partial charge is 0.416 e. The first-order chi connectivity index (χ1) is 9.86. The van der Waals surface area contributed by atoms with Gasteiger partial charge in [0.1, 0.15) is 0 Å². The Labute approximate surface area is 144 Å². The molecular formula is C14H18Cl2F4N2O. The van der Waals surface area contributed by atoms with Gasteiger partial charge in [-0.25, -0.2) is 4.39 Å². The van der Waals surface area contributed by atoms with Crippen LogP contribution in [-0.2, 0) is 6.18 Å². The van der Waals surface area contributed by atoms with Gasteiger partial charge in [0.05, 0.1) is 11.6 Å². The highest BCUT2D eigenvalue weighted by atomic mass is 35.5. The molecule has 0 spiro atoms. The molecule has 132 valence electrons. The topological polar surface area (TPSA) is 35.5 Å². The Morgan fingerprint density at radius 2 is 1.78 bits per heavy atom. The molecule has 0 bridgehead atoms. The van der Waals surface area contributed by atoms with Crippen LogP contribution < -0.4 is 5.32 Å². The zero-order valence-corrected chi connectivity index (χ0v) is 13.7. The molecule has 1 heterocycles. The summed E-state index contributed by atoms with van der Waals surface area (Å²) in [5.41, 5.74) is -1.51. The monoisotopic (exact) mass is 376 g/mol. The lowest BCUT2D eigenvalue weighted by atomic mass is 9.96. The molecule has 1 aliphatic rings. The lowest BCUT2D eigenvalue weighted by Gasteiger charge is -2.34. The molecule has 0 aromatic heterocycles. The van der Waals surface area contributed by atoms with E-state index in [0.717, 1.165) is 0 Å². The van der Waals surface area contributed by atoms with E-state index in [-0.39, 0.29) is 24.8 Å². The first kappa shape index (κ1) is 22.0. The first-order valence-corrected chi connectivity index (χ1v) is 6.52. The summed E-state index contributed by atoms with van der Waals surface area (Å²) < 4.78 is 52.9. The Morgan fingerprint density at radius 3 is 2.26 bits per heavy atom. The molecule has 23 heavy (non-hydrogen) atoms. The lowest BCUT2D eigenvalue weighted by molar-refractivity contribution is -0.138. The van der Waals surface area contributed by atoms with E-state index in [1.54, 1.807) is 4.90 Å². The van der Waals surface area contributed by atoms with Gasteiger partial charge in [0.25, 0.3) is 0 Å². The Hall–Kier alpha value is -1.02. The fourth-order valence-electron chi connectivity index (χ4n) is 2.54. The molecule has 9 heteroatoms. The number of halogens is 6. The zero-order valence-electron chi connectivity index (χ0n) is 12.1. The molecule has 2 rings (SSSR count). The summed E-state index contributed by atoms with van der Waals surface area (Å²) in [5.74, 6) is -2.03. The van der Waals surface area contributed by atoms with E-state index >= 15 is 0 Å². The number of alkyl halides is 3. The lowest BCUT2D eigenvalue weighted by Crippen LogP contribution is -2.45. The van der Waals surface area contributed by atoms with Gasteiger partial charge in [-0.05, 0) is 12.1 Å². The second kappa shape index (κ2) is 8.73. The molecule has 3 nitrogen and oxygen atoms in total. The Bertz CT molecular complexity index is 534. The summed E-state index contributed by atoms with van der Waals surface area (Å²) in [7, 11) is 0. The maximum Gasteiger partial charge on any atom is 0.416 e. The number of phenolic OH excluding ortho intramolecular Hbond substituents is 1. The van der Waals surface area contributed by atoms with Gasteiger partial charge >= 0.3 is 6.18 Å². The van der Waals surface area contributed by atoms with Gasteiger partial charge in [-0.1, -0.05) is 6.08 Å². The molecule has 2 N–H and O–H groups in total. The summed E-state index contributed by atoms with van der Waals surface area (Å²) in [6, 6.07) is 0.391. The number of phenols is 1. The Balaban J connectivity index is 0.00000242. The fourth-order valence-corrected chi connectivity index (χ4v) is 2.54. The molecule has 0 amide bonds. The summed E-state index contributed by atoms with van der Waals surface area (Å²) in [5, 5.41) is 12.9. The number of benzene rings is 1. The number of piperazine rings is 1. The van der Waals surface area contributed by atoms with E-state index < -0.39 is 34.9 Å². The SMILES string of the molecule is C=C[C@H](c1c(C(F)(F)F)ccc(F)c1O)N1CCNCC1.Cl.Cl. The van der Waals surface area contributed by atoms with E-state index in [1.807, 2.05) is 0 Å². The van der Waals surface area contributed by atoms with Crippen LogP contribution in [0.3, 0.4) is 0 Å². The number of hydrogen-bond donors (Lipinski definition) is 2. The molecule has 1 aliphatic heterocycles. The van der Waals surface area contributed by atoms with Crippen molar-refractivity contribution >= 4 is 24.8 Å². The van der Waals surface area contributed by atoms with Gasteiger partial charge in [0, 0.05) is 31.7 Å². The van der Waals surface area contributed by atoms with Crippen molar-refractivity contribution in [2.45, 2.75) is 12.2 Å². The normalized spacial score (nSPS) is 16.9. The average molecular weight is 377 g/mol. The molecule has 1 saturated heterocycles. The Morgan fingerprint density at radius 1 is 1.22 bits per heavy atom. The van der Waals surface area contributed by atoms with E-state index in [2.05, 4.69) is 11.9 Å². The van der Waals surface area contributed by atoms with Crippen LogP contribution in [0.4, 0.5) is 17.6 Å². The van der Waals surface area contributed by atoms with Gasteiger partial charge < -0.3 is 10.4 Å². The summed E-state index contributed by atoms with van der Waals surface area (Å²) in [6.45, 7) is 5.75. The number of aromatic hydroxyl groups is 1. The first-order valence-electron chi connectivity index (χ1n) is 6.52. The third kappa shape index (κ3) is 4.73. The van der Waals surface area contributed by atoms with Crippen LogP contribution in [0, 0.1) is 5.82 Å². The molecule has 1 atom stereocenters. The molecular weight excluding hydrogens is 359 g/mol. The molecule has 1 aromatic rings. The van der Waals surface area contributed by atoms with Crippen LogP contribution in [0.25, 0.3) is 0 Å². The van der Waals surface area contributed by atoms with Crippen molar-refractivity contribution in [2.24, 2.45) is 0 Å². The third-order valence-electron chi connectivity index (χ3n) is 3.54. The average Bonchev–Trinajstić information content (AvgIpc) is 2.44. The summed E-state index contributed by atoms with van der Waals surface area (Å²) in [6.07, 6.45) is -3.37. The van der Waals surface area contributed by atoms with Gasteiger partial charge in [-0.3, -0.25) is 4.90 Å². The Kier molecular flexibility index (Phi) is 8.34. The van der Waals surface area contributed by atoms with Crippen molar-refractivity contribution in [3.05, 3.63) is 41.7 Å². The van der Waals surface area contributed by atoms with Crippen LogP contribution in [0.2, 0.25) is 0 Å². The van der Waals surface area contributed by atoms with Crippen molar-refractivity contribution in [3.63, 3.8) is 0 Å². The van der Waals surface area contributed by atoms with Crippen LogP contribution >= 0.6 is 24.8 Å². The van der Waals surface area contributed by atoms with Gasteiger partial charge in [0.15, 0.2) is 11.6 Å². The van der Waals surface area contributed by atoms with Crippen molar-refractivity contribution in [3.8, 4) is 5.75 Å². The van der Waals surface area contributed by atoms with Crippen LogP contribution in [0.5, 0.6) is 5.75 Å². The minimum Gasteiger partial charge on any atom is -0.505 e. The highest BCUT2D eigenvalue weighted by molar-refractivity contribution is 5.85. The summed E-state index contributed by atoms with van der Waals surface area (Å²) in [4.78, 5) is 1.73. The second-order valence-electron chi connectivity index (χ2n) is 4.82. The van der Waals surface area contributed by atoms with E-state index in [9.17, 15) is 22.7 Å². The van der Waals surface area contributed by atoms with E-state index in [4.69, 9.17) is 0 Å². The quantitative estimate of drug-likeness (QED) is 0.625. The van der Waals surface area contributed by atoms with E-state index in [0.29, 0.717) is 38.3 Å². The molecule has 1 aromatic carbocycles. The predicted octanol–water partition coefficient (Wildman–Crippen LogP) is 3.53. The number of nitrogens with zero attached hydrogens (tertiary/aromatic N) is 1. The standard InChI is InChI=1S/C14H16F4N2O.2ClH/c1-2-11(20-7-5-19-6-8-20)12-9(14(16,17)18)3-4-10(15)13(12)21;;/h2-4,11,19,21H,1,5-8H2;2*1H/t11-;;/m1../s1. The highest BCUT2D eigenvalue weighted by Gasteiger charge is 2.38. The van der Waals surface area contributed by atoms with Crippen LogP contribution in [0.1, 0.15) is 17.2 Å². The third-order valence-corrected chi connectivity index (χ3v) is 3.54. The molecule has 0 radical (unpaired) electrons. The van der Waals surface area contributed by atoms with Crippen molar-refractivity contribution in [1.29, 1.82) is 0 Å². The summed E-state index contributed by atoms with van der Waals surface area (Å²) >= 11 is 0. The van der Waals surface area contributed by atoms with Crippen LogP contribution in [-0.4, -0.2) is 36.2 Å². The minimum atomic E-state index is -4.67. The number of nitrogens with one attached hydrogen (secondary N) is 1. The van der Waals surface area contributed by atoms with Gasteiger partial charge in [-0.15, -0.1) is 31.4 Å². The van der Waals surface area contributed by atoms with Crippen molar-refractivity contribution < 1.29 is 22.7 Å². The number of hydrogen-bond acceptors (Lipinski definition) is 3. The van der Waals surface area contributed by atoms with Crippen LogP contribution in [0.15, 0.2) is 24.8 Å². The molecule has 1 fully saturated rings. The van der Waals surface area contributed by atoms with Gasteiger partial charge in [0.2, 0.25) is 0 Å². The van der Waals surface area contributed by atoms with Crippen molar-refractivity contribution in [1.82, 2.24) is 10.2 Å². The molecule has 0 aliphatic carbocycles. The molecule has 0 unspecified atom stereocenters. The maximum absolute atomic E-state index is 13.5. The second-order valence-corrected chi connectivity index (χ2v) is 4.82. The predicted molar refractivity (Wildman–Crippen MR) is 84.9 cm³/mol. The zero-order chi connectivity index (χ0) is 15.6. The minimum absolute atomic E-state index is 0. The number of rotatable bonds is 3. The van der Waals surface area contributed by atoms with E-state index in [1.165, 1.54) is 6.08 Å². The highest BCUT2D eigenvalue weighted by Crippen LogP contribution is 2.42. The fraction of sp³-hybridized carbons (Fsp3) is 0.429.